The van der Waals surface area contributed by atoms with E-state index < -0.39 is 0 Å². The van der Waals surface area contributed by atoms with Crippen LogP contribution in [-0.2, 0) is 4.79 Å². The second-order valence-corrected chi connectivity index (χ2v) is 5.62. The highest BCUT2D eigenvalue weighted by molar-refractivity contribution is 5.82. The van der Waals surface area contributed by atoms with Gasteiger partial charge in [-0.25, -0.2) is 9.97 Å². The van der Waals surface area contributed by atoms with Crippen molar-refractivity contribution in [2.24, 2.45) is 5.41 Å². The molecule has 0 aromatic carbocycles. The fourth-order valence-electron chi connectivity index (χ4n) is 2.75. The maximum absolute atomic E-state index is 12.0. The number of amides is 1. The Balaban J connectivity index is 2.23. The number of carbonyl (C=O) groups excluding carboxylic acids is 1. The molecular formula is C14H22N4O. The van der Waals surface area contributed by atoms with Crippen LogP contribution in [0.15, 0.2) is 6.07 Å². The van der Waals surface area contributed by atoms with Gasteiger partial charge in [0.1, 0.15) is 0 Å². The first-order chi connectivity index (χ1) is 8.94. The number of anilines is 1. The number of rotatable bonds is 2. The van der Waals surface area contributed by atoms with E-state index in [1.807, 2.05) is 26.8 Å². The molecular weight excluding hydrogens is 240 g/mol. The van der Waals surface area contributed by atoms with E-state index in [0.29, 0.717) is 6.54 Å². The molecule has 1 aliphatic rings. The summed E-state index contributed by atoms with van der Waals surface area (Å²) in [4.78, 5) is 23.1. The number of nitrogens with zero attached hydrogens (tertiary/aromatic N) is 3. The second-order valence-electron chi connectivity index (χ2n) is 5.62. The molecule has 0 bridgehead atoms. The maximum atomic E-state index is 12.0. The van der Waals surface area contributed by atoms with Crippen LogP contribution in [0.3, 0.4) is 0 Å². The molecule has 1 N–H and O–H groups in total. The third-order valence-electron chi connectivity index (χ3n) is 3.72. The summed E-state index contributed by atoms with van der Waals surface area (Å²) in [7, 11) is 1.69. The largest absolute Gasteiger partial charge is 0.359 e. The lowest BCUT2D eigenvalue weighted by atomic mass is 9.81. The zero-order valence-corrected chi connectivity index (χ0v) is 12.2. The first-order valence-electron chi connectivity index (χ1n) is 6.74. The number of carbonyl (C=O) groups is 1. The first kappa shape index (κ1) is 13.8. The van der Waals surface area contributed by atoms with Crippen molar-refractivity contribution in [3.8, 4) is 0 Å². The average molecular weight is 262 g/mol. The quantitative estimate of drug-likeness (QED) is 0.876. The third kappa shape index (κ3) is 2.85. The van der Waals surface area contributed by atoms with Crippen LogP contribution >= 0.6 is 0 Å². The van der Waals surface area contributed by atoms with Crippen molar-refractivity contribution >= 4 is 11.9 Å². The second kappa shape index (κ2) is 5.15. The minimum Gasteiger partial charge on any atom is -0.359 e. The molecule has 2 rings (SSSR count). The van der Waals surface area contributed by atoms with Crippen molar-refractivity contribution in [2.75, 3.05) is 25.0 Å². The van der Waals surface area contributed by atoms with E-state index in [0.717, 1.165) is 36.7 Å². The van der Waals surface area contributed by atoms with Gasteiger partial charge in [-0.05, 0) is 39.7 Å². The highest BCUT2D eigenvalue weighted by Crippen LogP contribution is 2.31. The Kier molecular flexibility index (Phi) is 3.73. The topological polar surface area (TPSA) is 58.1 Å². The number of hydrogen-bond acceptors (Lipinski definition) is 4. The van der Waals surface area contributed by atoms with Gasteiger partial charge >= 0.3 is 0 Å². The molecule has 5 nitrogen and oxygen atoms in total. The van der Waals surface area contributed by atoms with Crippen LogP contribution in [0.2, 0.25) is 0 Å². The van der Waals surface area contributed by atoms with Gasteiger partial charge in [-0.3, -0.25) is 4.79 Å². The Hall–Kier alpha value is -1.65. The van der Waals surface area contributed by atoms with Gasteiger partial charge in [0.15, 0.2) is 0 Å². The van der Waals surface area contributed by atoms with Crippen LogP contribution in [0.4, 0.5) is 5.95 Å². The van der Waals surface area contributed by atoms with Crippen LogP contribution in [0, 0.1) is 19.3 Å². The van der Waals surface area contributed by atoms with E-state index in [1.54, 1.807) is 7.05 Å². The Labute approximate surface area is 114 Å². The van der Waals surface area contributed by atoms with Gasteiger partial charge in [0, 0.05) is 31.5 Å². The molecule has 1 saturated heterocycles. The van der Waals surface area contributed by atoms with Crippen molar-refractivity contribution in [1.82, 2.24) is 15.3 Å². The molecule has 104 valence electrons. The van der Waals surface area contributed by atoms with Gasteiger partial charge in [-0.15, -0.1) is 0 Å². The van der Waals surface area contributed by atoms with E-state index in [1.165, 1.54) is 0 Å². The van der Waals surface area contributed by atoms with Crippen molar-refractivity contribution in [2.45, 2.75) is 33.6 Å². The SMILES string of the molecule is CNC(=O)[C@@]1(C)CCCN(c2nc(C)cc(C)n2)C1. The van der Waals surface area contributed by atoms with Crippen molar-refractivity contribution in [3.63, 3.8) is 0 Å². The maximum Gasteiger partial charge on any atom is 0.227 e. The standard InChI is InChI=1S/C14H22N4O/c1-10-8-11(2)17-13(16-10)18-7-5-6-14(3,9-18)12(19)15-4/h8H,5-7,9H2,1-4H3,(H,15,19)/t14-/m0/s1. The molecule has 0 spiro atoms. The van der Waals surface area contributed by atoms with E-state index in [4.69, 9.17) is 0 Å². The van der Waals surface area contributed by atoms with E-state index in [9.17, 15) is 4.79 Å². The molecule has 1 amide bonds. The van der Waals surface area contributed by atoms with Crippen molar-refractivity contribution in [1.29, 1.82) is 0 Å². The molecule has 2 heterocycles. The zero-order valence-electron chi connectivity index (χ0n) is 12.2. The number of aromatic nitrogens is 2. The molecule has 1 atom stereocenters. The van der Waals surface area contributed by atoms with Gasteiger partial charge in [0.2, 0.25) is 11.9 Å². The van der Waals surface area contributed by atoms with Crippen molar-refractivity contribution < 1.29 is 4.79 Å². The molecule has 1 aromatic heterocycles. The van der Waals surface area contributed by atoms with Gasteiger partial charge < -0.3 is 10.2 Å². The fraction of sp³-hybridized carbons (Fsp3) is 0.643. The predicted octanol–water partition coefficient (Wildman–Crippen LogP) is 1.45. The lowest BCUT2D eigenvalue weighted by molar-refractivity contribution is -0.130. The van der Waals surface area contributed by atoms with Gasteiger partial charge in [-0.2, -0.15) is 0 Å². The van der Waals surface area contributed by atoms with Crippen LogP contribution < -0.4 is 10.2 Å². The summed E-state index contributed by atoms with van der Waals surface area (Å²) in [6, 6.07) is 1.96. The monoisotopic (exact) mass is 262 g/mol. The lowest BCUT2D eigenvalue weighted by Gasteiger charge is -2.39. The highest BCUT2D eigenvalue weighted by Gasteiger charge is 2.38. The molecule has 0 aliphatic carbocycles. The number of hydrogen-bond donors (Lipinski definition) is 1. The van der Waals surface area contributed by atoms with Crippen LogP contribution in [0.1, 0.15) is 31.2 Å². The van der Waals surface area contributed by atoms with Crippen molar-refractivity contribution in [3.05, 3.63) is 17.5 Å². The van der Waals surface area contributed by atoms with Gasteiger partial charge in [0.25, 0.3) is 0 Å². The van der Waals surface area contributed by atoms with E-state index >= 15 is 0 Å². The number of nitrogens with one attached hydrogen (secondary N) is 1. The summed E-state index contributed by atoms with van der Waals surface area (Å²) in [6.45, 7) is 7.55. The summed E-state index contributed by atoms with van der Waals surface area (Å²) in [6.07, 6.45) is 1.90. The predicted molar refractivity (Wildman–Crippen MR) is 75.1 cm³/mol. The number of aryl methyl sites for hydroxylation is 2. The summed E-state index contributed by atoms with van der Waals surface area (Å²) < 4.78 is 0. The van der Waals surface area contributed by atoms with Gasteiger partial charge in [0.05, 0.1) is 5.41 Å². The highest BCUT2D eigenvalue weighted by atomic mass is 16.2. The van der Waals surface area contributed by atoms with E-state index in [-0.39, 0.29) is 11.3 Å². The van der Waals surface area contributed by atoms with Crippen LogP contribution in [0.5, 0.6) is 0 Å². The smallest absolute Gasteiger partial charge is 0.227 e. The summed E-state index contributed by atoms with van der Waals surface area (Å²) in [5, 5.41) is 2.76. The minimum atomic E-state index is -0.353. The molecule has 0 unspecified atom stereocenters. The van der Waals surface area contributed by atoms with Crippen LogP contribution in [0.25, 0.3) is 0 Å². The molecule has 1 aliphatic heterocycles. The summed E-state index contributed by atoms with van der Waals surface area (Å²) in [5.74, 6) is 0.842. The molecule has 1 aromatic rings. The Morgan fingerprint density at radius 3 is 2.58 bits per heavy atom. The molecule has 0 saturated carbocycles. The molecule has 0 radical (unpaired) electrons. The molecule has 19 heavy (non-hydrogen) atoms. The normalized spacial score (nSPS) is 23.3. The molecule has 1 fully saturated rings. The van der Waals surface area contributed by atoms with Crippen LogP contribution in [-0.4, -0.2) is 36.0 Å². The number of piperidine rings is 1. The Bertz CT molecular complexity index is 468. The minimum absolute atomic E-state index is 0.0987. The fourth-order valence-corrected chi connectivity index (χ4v) is 2.75. The Morgan fingerprint density at radius 2 is 2.00 bits per heavy atom. The lowest BCUT2D eigenvalue weighted by Crippen LogP contribution is -2.50. The first-order valence-corrected chi connectivity index (χ1v) is 6.74. The van der Waals surface area contributed by atoms with Gasteiger partial charge in [-0.1, -0.05) is 0 Å². The summed E-state index contributed by atoms with van der Waals surface area (Å²) >= 11 is 0. The van der Waals surface area contributed by atoms with E-state index in [2.05, 4.69) is 20.2 Å². The third-order valence-corrected chi connectivity index (χ3v) is 3.72. The Morgan fingerprint density at radius 1 is 1.37 bits per heavy atom. The average Bonchev–Trinajstić information content (AvgIpc) is 2.36. The molecule has 5 heteroatoms. The summed E-state index contributed by atoms with van der Waals surface area (Å²) in [5.41, 5.74) is 1.58. The zero-order chi connectivity index (χ0) is 14.0.